The molecule has 1 fully saturated rings. The second kappa shape index (κ2) is 6.79. The molecule has 0 aliphatic carbocycles. The molecular formula is C14H15BrFNO3S. The average molecular weight is 376 g/mol. The Kier molecular flexibility index (Phi) is 5.27. The van der Waals surface area contributed by atoms with Gasteiger partial charge in [-0.2, -0.15) is 0 Å². The van der Waals surface area contributed by atoms with Crippen LogP contribution in [0.5, 0.6) is 0 Å². The standard InChI is InChI=1S/C14H15BrFNO3S/c15-10-3-1-2-4-11(10)21-8-5-12(18)17-7-6-14(16,9-17)13(19)20/h1-4H,5-9H2,(H,19,20). The van der Waals surface area contributed by atoms with Gasteiger partial charge in [-0.25, -0.2) is 9.18 Å². The van der Waals surface area contributed by atoms with E-state index >= 15 is 0 Å². The largest absolute Gasteiger partial charge is 0.479 e. The summed E-state index contributed by atoms with van der Waals surface area (Å²) in [7, 11) is 0. The Labute approximate surface area is 134 Å². The third-order valence-electron chi connectivity index (χ3n) is 3.37. The van der Waals surface area contributed by atoms with Crippen molar-refractivity contribution in [2.24, 2.45) is 0 Å². The van der Waals surface area contributed by atoms with E-state index in [1.54, 1.807) is 0 Å². The Morgan fingerprint density at radius 3 is 2.76 bits per heavy atom. The van der Waals surface area contributed by atoms with Gasteiger partial charge in [-0.15, -0.1) is 11.8 Å². The van der Waals surface area contributed by atoms with E-state index < -0.39 is 11.6 Å². The highest BCUT2D eigenvalue weighted by molar-refractivity contribution is 9.10. The van der Waals surface area contributed by atoms with Gasteiger partial charge in [-0.1, -0.05) is 12.1 Å². The summed E-state index contributed by atoms with van der Waals surface area (Å²) in [6, 6.07) is 7.71. The molecule has 1 N–H and O–H groups in total. The maximum atomic E-state index is 13.9. The van der Waals surface area contributed by atoms with Gasteiger partial charge in [0.1, 0.15) is 0 Å². The number of hydrogen-bond acceptors (Lipinski definition) is 3. The summed E-state index contributed by atoms with van der Waals surface area (Å²) in [5.74, 6) is -1.11. The van der Waals surface area contributed by atoms with Crippen molar-refractivity contribution in [3.8, 4) is 0 Å². The third kappa shape index (κ3) is 3.97. The van der Waals surface area contributed by atoms with Gasteiger partial charge < -0.3 is 10.0 Å². The molecule has 1 unspecified atom stereocenters. The van der Waals surface area contributed by atoms with Gasteiger partial charge in [0.2, 0.25) is 11.6 Å². The number of benzene rings is 1. The zero-order valence-corrected chi connectivity index (χ0v) is 13.6. The van der Waals surface area contributed by atoms with E-state index in [4.69, 9.17) is 5.11 Å². The van der Waals surface area contributed by atoms with Crippen molar-refractivity contribution in [2.45, 2.75) is 23.4 Å². The highest BCUT2D eigenvalue weighted by Crippen LogP contribution is 2.29. The van der Waals surface area contributed by atoms with Crippen LogP contribution in [-0.4, -0.2) is 46.4 Å². The van der Waals surface area contributed by atoms with Crippen LogP contribution in [0.2, 0.25) is 0 Å². The third-order valence-corrected chi connectivity index (χ3v) is 5.39. The summed E-state index contributed by atoms with van der Waals surface area (Å²) < 4.78 is 14.9. The fraction of sp³-hybridized carbons (Fsp3) is 0.429. The quantitative estimate of drug-likeness (QED) is 0.803. The molecule has 1 aromatic rings. The SMILES string of the molecule is O=C(CCSc1ccccc1Br)N1CCC(F)(C(=O)O)C1. The number of likely N-dealkylation sites (tertiary alicyclic amines) is 1. The smallest absolute Gasteiger partial charge is 0.343 e. The van der Waals surface area contributed by atoms with Crippen LogP contribution in [0.4, 0.5) is 4.39 Å². The van der Waals surface area contributed by atoms with Crippen molar-refractivity contribution >= 4 is 39.6 Å². The normalized spacial score (nSPS) is 21.5. The topological polar surface area (TPSA) is 57.6 Å². The Morgan fingerprint density at radius 1 is 1.43 bits per heavy atom. The number of hydrogen-bond donors (Lipinski definition) is 1. The van der Waals surface area contributed by atoms with E-state index in [9.17, 15) is 14.0 Å². The lowest BCUT2D eigenvalue weighted by Gasteiger charge is -2.17. The number of thioether (sulfide) groups is 1. The molecule has 0 aromatic heterocycles. The number of carbonyl (C=O) groups excluding carboxylic acids is 1. The Balaban J connectivity index is 1.81. The molecule has 1 atom stereocenters. The number of carbonyl (C=O) groups is 2. The molecule has 0 spiro atoms. The summed E-state index contributed by atoms with van der Waals surface area (Å²) in [4.78, 5) is 25.1. The van der Waals surface area contributed by atoms with E-state index in [1.165, 1.54) is 16.7 Å². The minimum absolute atomic E-state index is 0.133. The number of halogens is 2. The van der Waals surface area contributed by atoms with E-state index in [1.807, 2.05) is 24.3 Å². The molecule has 1 heterocycles. The van der Waals surface area contributed by atoms with Gasteiger partial charge in [0.25, 0.3) is 0 Å². The molecule has 1 aliphatic heterocycles. The van der Waals surface area contributed by atoms with Gasteiger partial charge in [0.05, 0.1) is 6.54 Å². The van der Waals surface area contributed by atoms with E-state index in [0.29, 0.717) is 5.75 Å². The predicted octanol–water partition coefficient (Wildman–Crippen LogP) is 2.96. The van der Waals surface area contributed by atoms with E-state index in [0.717, 1.165) is 9.37 Å². The van der Waals surface area contributed by atoms with Crippen LogP contribution in [-0.2, 0) is 9.59 Å². The van der Waals surface area contributed by atoms with Gasteiger partial charge in [0, 0.05) is 34.5 Å². The molecule has 1 aliphatic rings. The Bertz CT molecular complexity index is 557. The molecule has 114 valence electrons. The first-order valence-electron chi connectivity index (χ1n) is 6.50. The molecule has 1 aromatic carbocycles. The average Bonchev–Trinajstić information content (AvgIpc) is 2.85. The lowest BCUT2D eigenvalue weighted by molar-refractivity contribution is -0.150. The van der Waals surface area contributed by atoms with E-state index in [-0.39, 0.29) is 31.8 Å². The summed E-state index contributed by atoms with van der Waals surface area (Å²) in [5.41, 5.74) is -2.29. The van der Waals surface area contributed by atoms with Crippen LogP contribution >= 0.6 is 27.7 Å². The minimum atomic E-state index is -2.29. The first kappa shape index (κ1) is 16.3. The number of carboxylic acids is 1. The van der Waals surface area contributed by atoms with Gasteiger partial charge in [-0.3, -0.25) is 4.79 Å². The number of carboxylic acid groups (broad SMARTS) is 1. The zero-order chi connectivity index (χ0) is 15.5. The summed E-state index contributed by atoms with van der Waals surface area (Å²) in [6.45, 7) is -0.178. The summed E-state index contributed by atoms with van der Waals surface area (Å²) in [5, 5.41) is 8.81. The van der Waals surface area contributed by atoms with Crippen molar-refractivity contribution in [1.29, 1.82) is 0 Å². The van der Waals surface area contributed by atoms with Crippen molar-refractivity contribution in [2.75, 3.05) is 18.8 Å². The lowest BCUT2D eigenvalue weighted by Crippen LogP contribution is -2.39. The number of aliphatic carboxylic acids is 1. The van der Waals surface area contributed by atoms with Crippen LogP contribution in [0.15, 0.2) is 33.6 Å². The first-order valence-corrected chi connectivity index (χ1v) is 8.28. The van der Waals surface area contributed by atoms with Crippen molar-refractivity contribution in [3.05, 3.63) is 28.7 Å². The van der Waals surface area contributed by atoms with Crippen molar-refractivity contribution in [3.63, 3.8) is 0 Å². The molecule has 1 amide bonds. The number of alkyl halides is 1. The van der Waals surface area contributed by atoms with Crippen LogP contribution in [0.25, 0.3) is 0 Å². The summed E-state index contributed by atoms with van der Waals surface area (Å²) in [6.07, 6.45) is 0.132. The van der Waals surface area contributed by atoms with Crippen LogP contribution in [0.3, 0.4) is 0 Å². The number of rotatable bonds is 5. The first-order chi connectivity index (χ1) is 9.92. The maximum Gasteiger partial charge on any atom is 0.343 e. The second-order valence-electron chi connectivity index (χ2n) is 4.86. The van der Waals surface area contributed by atoms with Crippen LogP contribution in [0.1, 0.15) is 12.8 Å². The maximum absolute atomic E-state index is 13.9. The molecule has 1 saturated heterocycles. The molecule has 4 nitrogen and oxygen atoms in total. The van der Waals surface area contributed by atoms with Gasteiger partial charge >= 0.3 is 5.97 Å². The number of nitrogens with zero attached hydrogens (tertiary/aromatic N) is 1. The fourth-order valence-corrected chi connectivity index (χ4v) is 3.63. The van der Waals surface area contributed by atoms with Crippen LogP contribution in [0, 0.1) is 0 Å². The van der Waals surface area contributed by atoms with Crippen molar-refractivity contribution in [1.82, 2.24) is 4.90 Å². The minimum Gasteiger partial charge on any atom is -0.479 e. The highest BCUT2D eigenvalue weighted by atomic mass is 79.9. The van der Waals surface area contributed by atoms with Crippen molar-refractivity contribution < 1.29 is 19.1 Å². The second-order valence-corrected chi connectivity index (χ2v) is 6.86. The lowest BCUT2D eigenvalue weighted by atomic mass is 10.1. The zero-order valence-electron chi connectivity index (χ0n) is 11.2. The van der Waals surface area contributed by atoms with Crippen LogP contribution < -0.4 is 0 Å². The summed E-state index contributed by atoms with van der Waals surface area (Å²) >= 11 is 4.97. The molecule has 0 radical (unpaired) electrons. The van der Waals surface area contributed by atoms with E-state index in [2.05, 4.69) is 15.9 Å². The van der Waals surface area contributed by atoms with Gasteiger partial charge in [0.15, 0.2) is 0 Å². The Morgan fingerprint density at radius 2 is 2.14 bits per heavy atom. The molecule has 2 rings (SSSR count). The molecule has 21 heavy (non-hydrogen) atoms. The molecule has 0 saturated carbocycles. The predicted molar refractivity (Wildman–Crippen MR) is 82.2 cm³/mol. The highest BCUT2D eigenvalue weighted by Gasteiger charge is 2.46. The molecule has 0 bridgehead atoms. The number of amides is 1. The fourth-order valence-electron chi connectivity index (χ4n) is 2.13. The molecular weight excluding hydrogens is 361 g/mol. The monoisotopic (exact) mass is 375 g/mol. The molecule has 7 heteroatoms. The van der Waals surface area contributed by atoms with Gasteiger partial charge in [-0.05, 0) is 28.1 Å². The Hall–Kier alpha value is -1.08.